The second-order valence-corrected chi connectivity index (χ2v) is 6.62. The summed E-state index contributed by atoms with van der Waals surface area (Å²) in [6.45, 7) is 9.46. The fraction of sp³-hybridized carbons (Fsp3) is 0.429. The van der Waals surface area contributed by atoms with Gasteiger partial charge in [0, 0.05) is 25.2 Å². The van der Waals surface area contributed by atoms with E-state index in [9.17, 15) is 4.39 Å². The molecule has 2 rings (SSSR count). The molecule has 0 aliphatic rings. The number of nitrogens with one attached hydrogen (secondary N) is 1. The zero-order chi connectivity index (χ0) is 19.6. The number of hydrogen-bond acceptors (Lipinski definition) is 4. The summed E-state index contributed by atoms with van der Waals surface area (Å²) in [5.41, 5.74) is 1.85. The van der Waals surface area contributed by atoms with E-state index in [1.807, 2.05) is 18.2 Å². The van der Waals surface area contributed by atoms with Crippen LogP contribution in [0.4, 0.5) is 4.39 Å². The Morgan fingerprint density at radius 3 is 2.46 bits per heavy atom. The number of ether oxygens (including phenoxy) is 2. The van der Waals surface area contributed by atoms with Crippen LogP contribution in [0.2, 0.25) is 5.02 Å². The standard InChI is InChI=1S/C21H28ClFN2O2.ClH/c1-4-25(5-2)11-10-24-14-16-6-9-20(21(12-16)26-3)27-15-17-7-8-18(23)13-19(17)22;/h6-9,12-13,24H,4-5,10-11,14-15H2,1-3H3;1H. The van der Waals surface area contributed by atoms with Crippen LogP contribution in [0.3, 0.4) is 0 Å². The number of halogens is 3. The van der Waals surface area contributed by atoms with Crippen molar-refractivity contribution < 1.29 is 13.9 Å². The van der Waals surface area contributed by atoms with Crippen molar-refractivity contribution in [3.05, 3.63) is 58.4 Å². The number of benzene rings is 2. The van der Waals surface area contributed by atoms with Gasteiger partial charge < -0.3 is 19.7 Å². The molecule has 0 unspecified atom stereocenters. The Kier molecular flexibility index (Phi) is 11.2. The largest absolute Gasteiger partial charge is 0.493 e. The molecule has 28 heavy (non-hydrogen) atoms. The number of methoxy groups -OCH3 is 1. The predicted molar refractivity (Wildman–Crippen MR) is 115 cm³/mol. The Balaban J connectivity index is 0.00000392. The van der Waals surface area contributed by atoms with Crippen molar-refractivity contribution >= 4 is 24.0 Å². The summed E-state index contributed by atoms with van der Waals surface area (Å²) < 4.78 is 24.4. The van der Waals surface area contributed by atoms with Crippen LogP contribution >= 0.6 is 24.0 Å². The molecular weight excluding hydrogens is 402 g/mol. The fourth-order valence-corrected chi connectivity index (χ4v) is 2.97. The molecule has 0 saturated carbocycles. The topological polar surface area (TPSA) is 33.7 Å². The van der Waals surface area contributed by atoms with Gasteiger partial charge in [0.1, 0.15) is 12.4 Å². The third kappa shape index (κ3) is 7.47. The van der Waals surface area contributed by atoms with Gasteiger partial charge in [-0.25, -0.2) is 4.39 Å². The van der Waals surface area contributed by atoms with Crippen LogP contribution < -0.4 is 14.8 Å². The normalized spacial score (nSPS) is 10.6. The maximum atomic E-state index is 13.1. The molecule has 0 atom stereocenters. The van der Waals surface area contributed by atoms with Crippen LogP contribution in [0.1, 0.15) is 25.0 Å². The zero-order valence-corrected chi connectivity index (χ0v) is 18.2. The number of hydrogen-bond donors (Lipinski definition) is 1. The van der Waals surface area contributed by atoms with Gasteiger partial charge in [-0.15, -0.1) is 12.4 Å². The zero-order valence-electron chi connectivity index (χ0n) is 16.6. The van der Waals surface area contributed by atoms with E-state index in [1.54, 1.807) is 13.2 Å². The SMILES string of the molecule is CCN(CC)CCNCc1ccc(OCc2ccc(F)cc2Cl)c(OC)c1.Cl. The molecule has 7 heteroatoms. The van der Waals surface area contributed by atoms with Crippen molar-refractivity contribution in [2.75, 3.05) is 33.3 Å². The van der Waals surface area contributed by atoms with E-state index in [0.29, 0.717) is 16.5 Å². The first-order chi connectivity index (χ1) is 13.1. The lowest BCUT2D eigenvalue weighted by Gasteiger charge is -2.18. The molecule has 4 nitrogen and oxygen atoms in total. The van der Waals surface area contributed by atoms with Crippen LogP contribution in [0.25, 0.3) is 0 Å². The van der Waals surface area contributed by atoms with Crippen molar-refractivity contribution in [1.29, 1.82) is 0 Å². The molecule has 0 aliphatic carbocycles. The lowest BCUT2D eigenvalue weighted by Crippen LogP contribution is -2.31. The Morgan fingerprint density at radius 2 is 1.82 bits per heavy atom. The molecule has 0 amide bonds. The molecule has 0 aliphatic heterocycles. The Hall–Kier alpha value is -1.53. The van der Waals surface area contributed by atoms with Crippen LogP contribution in [0.5, 0.6) is 11.5 Å². The predicted octanol–water partition coefficient (Wildman–Crippen LogP) is 4.92. The van der Waals surface area contributed by atoms with Crippen LogP contribution in [0, 0.1) is 5.82 Å². The van der Waals surface area contributed by atoms with Gasteiger partial charge in [-0.1, -0.05) is 37.6 Å². The summed E-state index contributed by atoms with van der Waals surface area (Å²) in [5, 5.41) is 3.80. The lowest BCUT2D eigenvalue weighted by atomic mass is 10.2. The van der Waals surface area contributed by atoms with Crippen LogP contribution in [0.15, 0.2) is 36.4 Å². The highest BCUT2D eigenvalue weighted by atomic mass is 35.5. The molecule has 0 fully saturated rings. The smallest absolute Gasteiger partial charge is 0.161 e. The van der Waals surface area contributed by atoms with Crippen molar-refractivity contribution in [2.24, 2.45) is 0 Å². The number of rotatable bonds is 11. The second-order valence-electron chi connectivity index (χ2n) is 6.21. The first kappa shape index (κ1) is 24.5. The van der Waals surface area contributed by atoms with E-state index in [-0.39, 0.29) is 24.8 Å². The quantitative estimate of drug-likeness (QED) is 0.512. The minimum atomic E-state index is -0.362. The minimum absolute atomic E-state index is 0. The third-order valence-corrected chi connectivity index (χ3v) is 4.81. The van der Waals surface area contributed by atoms with E-state index in [2.05, 4.69) is 24.1 Å². The highest BCUT2D eigenvalue weighted by molar-refractivity contribution is 6.31. The van der Waals surface area contributed by atoms with E-state index in [4.69, 9.17) is 21.1 Å². The molecule has 0 saturated heterocycles. The van der Waals surface area contributed by atoms with Crippen molar-refractivity contribution in [1.82, 2.24) is 10.2 Å². The average molecular weight is 431 g/mol. The summed E-state index contributed by atoms with van der Waals surface area (Å²) >= 11 is 6.05. The highest BCUT2D eigenvalue weighted by Gasteiger charge is 2.08. The van der Waals surface area contributed by atoms with Crippen molar-refractivity contribution in [3.8, 4) is 11.5 Å². The Labute approximate surface area is 178 Å². The van der Waals surface area contributed by atoms with E-state index >= 15 is 0 Å². The van der Waals surface area contributed by atoms with E-state index in [0.717, 1.165) is 43.9 Å². The van der Waals surface area contributed by atoms with Gasteiger partial charge in [-0.3, -0.25) is 0 Å². The fourth-order valence-electron chi connectivity index (χ4n) is 2.75. The van der Waals surface area contributed by atoms with E-state index in [1.165, 1.54) is 12.1 Å². The first-order valence-corrected chi connectivity index (χ1v) is 9.61. The van der Waals surface area contributed by atoms with Gasteiger partial charge in [0.25, 0.3) is 0 Å². The summed E-state index contributed by atoms with van der Waals surface area (Å²) in [7, 11) is 1.62. The molecule has 2 aromatic rings. The second kappa shape index (κ2) is 12.8. The minimum Gasteiger partial charge on any atom is -0.493 e. The van der Waals surface area contributed by atoms with Gasteiger partial charge in [-0.05, 0) is 42.9 Å². The van der Waals surface area contributed by atoms with Gasteiger partial charge in [-0.2, -0.15) is 0 Å². The van der Waals surface area contributed by atoms with E-state index < -0.39 is 0 Å². The molecular formula is C21H29Cl2FN2O2. The van der Waals surface area contributed by atoms with Crippen molar-refractivity contribution in [3.63, 3.8) is 0 Å². The molecule has 156 valence electrons. The maximum Gasteiger partial charge on any atom is 0.161 e. The third-order valence-electron chi connectivity index (χ3n) is 4.45. The Morgan fingerprint density at radius 1 is 1.07 bits per heavy atom. The molecule has 0 bridgehead atoms. The summed E-state index contributed by atoms with van der Waals surface area (Å²) in [6, 6.07) is 10.1. The Bertz CT molecular complexity index is 728. The number of likely N-dealkylation sites (N-methyl/N-ethyl adjacent to an activating group) is 1. The maximum absolute atomic E-state index is 13.1. The van der Waals surface area contributed by atoms with Gasteiger partial charge >= 0.3 is 0 Å². The number of nitrogens with zero attached hydrogens (tertiary/aromatic N) is 1. The van der Waals surface area contributed by atoms with Crippen LogP contribution in [-0.4, -0.2) is 38.2 Å². The highest BCUT2D eigenvalue weighted by Crippen LogP contribution is 2.29. The lowest BCUT2D eigenvalue weighted by molar-refractivity contribution is 0.284. The molecule has 2 aromatic carbocycles. The summed E-state index contributed by atoms with van der Waals surface area (Å²) in [4.78, 5) is 2.38. The molecule has 1 N–H and O–H groups in total. The summed E-state index contributed by atoms with van der Waals surface area (Å²) in [5.74, 6) is 0.931. The summed E-state index contributed by atoms with van der Waals surface area (Å²) in [6.07, 6.45) is 0. The first-order valence-electron chi connectivity index (χ1n) is 9.24. The van der Waals surface area contributed by atoms with Crippen molar-refractivity contribution in [2.45, 2.75) is 27.0 Å². The average Bonchev–Trinajstić information content (AvgIpc) is 2.68. The van der Waals surface area contributed by atoms with Gasteiger partial charge in [0.05, 0.1) is 12.1 Å². The monoisotopic (exact) mass is 430 g/mol. The molecule has 0 heterocycles. The van der Waals surface area contributed by atoms with Gasteiger partial charge in [0.2, 0.25) is 0 Å². The van der Waals surface area contributed by atoms with Gasteiger partial charge in [0.15, 0.2) is 11.5 Å². The van der Waals surface area contributed by atoms with Crippen LogP contribution in [-0.2, 0) is 13.2 Å². The molecule has 0 radical (unpaired) electrons. The molecule has 0 spiro atoms. The molecule has 0 aromatic heterocycles.